The minimum Gasteiger partial charge on any atom is -0.326 e. The van der Waals surface area contributed by atoms with Crippen LogP contribution in [0.5, 0.6) is 0 Å². The average molecular weight is 164 g/mol. The zero-order valence-electron chi connectivity index (χ0n) is 6.77. The summed E-state index contributed by atoms with van der Waals surface area (Å²) in [4.78, 5) is 0. The number of hydroxylamine groups is 1. The molecule has 1 atom stereocenters. The van der Waals surface area contributed by atoms with Gasteiger partial charge in [-0.15, -0.1) is 0 Å². The summed E-state index contributed by atoms with van der Waals surface area (Å²) >= 11 is 0. The first-order valence-electron chi connectivity index (χ1n) is 4.07. The Balaban J connectivity index is 2.40. The lowest BCUT2D eigenvalue weighted by molar-refractivity contribution is 0.238. The van der Waals surface area contributed by atoms with Crippen molar-refractivity contribution in [3.63, 3.8) is 0 Å². The van der Waals surface area contributed by atoms with Gasteiger partial charge in [0.25, 0.3) is 0 Å². The normalized spacial score (nSPS) is 22.2. The number of rotatable bonds is 0. The molecule has 0 aliphatic carbocycles. The average Bonchev–Trinajstić information content (AvgIpc) is 2.04. The number of hydrogen-bond acceptors (Lipinski definition) is 3. The summed E-state index contributed by atoms with van der Waals surface area (Å²) < 4.78 is 0. The Hall–Kier alpha value is -1.06. The predicted octanol–water partition coefficient (Wildman–Crippen LogP) is 0.766. The molecule has 0 aromatic heterocycles. The van der Waals surface area contributed by atoms with Crippen molar-refractivity contribution < 1.29 is 5.21 Å². The largest absolute Gasteiger partial charge is 0.326 e. The van der Waals surface area contributed by atoms with Gasteiger partial charge < -0.3 is 5.73 Å². The van der Waals surface area contributed by atoms with Gasteiger partial charge in [-0.1, -0.05) is 18.2 Å². The van der Waals surface area contributed by atoms with E-state index in [1.807, 2.05) is 24.3 Å². The molecule has 1 aromatic rings. The van der Waals surface area contributed by atoms with Gasteiger partial charge in [0.05, 0.1) is 12.2 Å². The second-order valence-electron chi connectivity index (χ2n) is 3.18. The zero-order chi connectivity index (χ0) is 8.55. The first-order valence-corrected chi connectivity index (χ1v) is 4.07. The summed E-state index contributed by atoms with van der Waals surface area (Å²) in [7, 11) is 0. The maximum Gasteiger partial charge on any atom is 0.0667 e. The first-order chi connectivity index (χ1) is 5.77. The van der Waals surface area contributed by atoms with E-state index >= 15 is 0 Å². The van der Waals surface area contributed by atoms with Crippen molar-refractivity contribution in [2.45, 2.75) is 12.5 Å². The van der Waals surface area contributed by atoms with Gasteiger partial charge in [0, 0.05) is 6.04 Å². The fourth-order valence-electron chi connectivity index (χ4n) is 1.60. The quantitative estimate of drug-likeness (QED) is 0.595. The lowest BCUT2D eigenvalue weighted by Crippen LogP contribution is -2.41. The van der Waals surface area contributed by atoms with E-state index in [2.05, 4.69) is 0 Å². The van der Waals surface area contributed by atoms with Crippen LogP contribution in [0.15, 0.2) is 24.3 Å². The maximum atomic E-state index is 9.49. The van der Waals surface area contributed by atoms with E-state index < -0.39 is 0 Å². The van der Waals surface area contributed by atoms with Crippen molar-refractivity contribution in [2.24, 2.45) is 5.73 Å². The molecule has 0 saturated carbocycles. The maximum absolute atomic E-state index is 9.49. The second kappa shape index (κ2) is 2.77. The van der Waals surface area contributed by atoms with Crippen molar-refractivity contribution in [2.75, 3.05) is 11.6 Å². The van der Waals surface area contributed by atoms with E-state index in [-0.39, 0.29) is 6.04 Å². The van der Waals surface area contributed by atoms with E-state index in [4.69, 9.17) is 5.73 Å². The smallest absolute Gasteiger partial charge is 0.0667 e. The monoisotopic (exact) mass is 164 g/mol. The van der Waals surface area contributed by atoms with Crippen LogP contribution in [-0.2, 0) is 6.42 Å². The summed E-state index contributed by atoms with van der Waals surface area (Å²) in [6.07, 6.45) is 0.854. The third-order valence-corrected chi connectivity index (χ3v) is 2.16. The summed E-state index contributed by atoms with van der Waals surface area (Å²) in [6, 6.07) is 7.83. The molecule has 0 bridgehead atoms. The van der Waals surface area contributed by atoms with Crippen molar-refractivity contribution >= 4 is 5.69 Å². The SMILES string of the molecule is N[C@@H]1Cc2ccccc2N(O)C1. The van der Waals surface area contributed by atoms with Crippen molar-refractivity contribution in [3.8, 4) is 0 Å². The zero-order valence-corrected chi connectivity index (χ0v) is 6.77. The topological polar surface area (TPSA) is 49.5 Å². The van der Waals surface area contributed by atoms with Crippen LogP contribution < -0.4 is 10.8 Å². The highest BCUT2D eigenvalue weighted by Crippen LogP contribution is 2.24. The first kappa shape index (κ1) is 7.58. The number of nitrogens with zero attached hydrogens (tertiary/aromatic N) is 1. The molecule has 0 spiro atoms. The van der Waals surface area contributed by atoms with Gasteiger partial charge in [-0.3, -0.25) is 10.3 Å². The Morgan fingerprint density at radius 2 is 2.17 bits per heavy atom. The number of para-hydroxylation sites is 1. The Morgan fingerprint density at radius 1 is 1.42 bits per heavy atom. The summed E-state index contributed by atoms with van der Waals surface area (Å²) in [5.41, 5.74) is 7.75. The molecule has 2 rings (SSSR count). The lowest BCUT2D eigenvalue weighted by Gasteiger charge is -2.29. The van der Waals surface area contributed by atoms with Gasteiger partial charge >= 0.3 is 0 Å². The van der Waals surface area contributed by atoms with Crippen LogP contribution in [0.4, 0.5) is 5.69 Å². The Morgan fingerprint density at radius 3 is 3.00 bits per heavy atom. The Bertz CT molecular complexity index is 288. The number of fused-ring (bicyclic) bond motifs is 1. The fourth-order valence-corrected chi connectivity index (χ4v) is 1.60. The molecule has 1 aliphatic heterocycles. The third kappa shape index (κ3) is 1.17. The minimum atomic E-state index is 0.0462. The lowest BCUT2D eigenvalue weighted by atomic mass is 10.0. The van der Waals surface area contributed by atoms with Crippen LogP contribution in [0.3, 0.4) is 0 Å². The second-order valence-corrected chi connectivity index (χ2v) is 3.18. The standard InChI is InChI=1S/C9H12N2O/c10-8-5-7-3-1-2-4-9(7)11(12)6-8/h1-4,8,12H,5-6,10H2/t8-/m1/s1. The van der Waals surface area contributed by atoms with Crippen LogP contribution in [0.25, 0.3) is 0 Å². The van der Waals surface area contributed by atoms with Crippen molar-refractivity contribution in [3.05, 3.63) is 29.8 Å². The van der Waals surface area contributed by atoms with Crippen LogP contribution in [0.2, 0.25) is 0 Å². The van der Waals surface area contributed by atoms with Crippen LogP contribution >= 0.6 is 0 Å². The molecular formula is C9H12N2O. The van der Waals surface area contributed by atoms with Gasteiger partial charge in [-0.25, -0.2) is 0 Å². The molecule has 0 unspecified atom stereocenters. The molecule has 0 radical (unpaired) electrons. The third-order valence-electron chi connectivity index (χ3n) is 2.16. The molecule has 0 saturated heterocycles. The Kier molecular flexibility index (Phi) is 1.75. The highest BCUT2D eigenvalue weighted by molar-refractivity contribution is 5.53. The van der Waals surface area contributed by atoms with Gasteiger partial charge in [0.1, 0.15) is 0 Å². The minimum absolute atomic E-state index is 0.0462. The van der Waals surface area contributed by atoms with Crippen LogP contribution in [0, 0.1) is 0 Å². The molecule has 12 heavy (non-hydrogen) atoms. The van der Waals surface area contributed by atoms with Gasteiger partial charge in [0.2, 0.25) is 0 Å². The van der Waals surface area contributed by atoms with Gasteiger partial charge in [0.15, 0.2) is 0 Å². The van der Waals surface area contributed by atoms with E-state index in [1.165, 1.54) is 5.06 Å². The fraction of sp³-hybridized carbons (Fsp3) is 0.333. The van der Waals surface area contributed by atoms with E-state index in [9.17, 15) is 5.21 Å². The van der Waals surface area contributed by atoms with E-state index in [0.29, 0.717) is 6.54 Å². The number of nitrogens with two attached hydrogens (primary N) is 1. The number of anilines is 1. The van der Waals surface area contributed by atoms with E-state index in [1.54, 1.807) is 0 Å². The predicted molar refractivity (Wildman–Crippen MR) is 47.3 cm³/mol. The molecule has 1 aliphatic rings. The molecule has 3 nitrogen and oxygen atoms in total. The van der Waals surface area contributed by atoms with Gasteiger partial charge in [-0.05, 0) is 18.1 Å². The van der Waals surface area contributed by atoms with Gasteiger partial charge in [-0.2, -0.15) is 0 Å². The van der Waals surface area contributed by atoms with E-state index in [0.717, 1.165) is 17.7 Å². The van der Waals surface area contributed by atoms with Crippen molar-refractivity contribution in [1.29, 1.82) is 0 Å². The highest BCUT2D eigenvalue weighted by Gasteiger charge is 2.19. The van der Waals surface area contributed by atoms with Crippen molar-refractivity contribution in [1.82, 2.24) is 0 Å². The molecule has 1 aromatic carbocycles. The molecule has 3 N–H and O–H groups in total. The molecule has 3 heteroatoms. The van der Waals surface area contributed by atoms with Crippen LogP contribution in [0.1, 0.15) is 5.56 Å². The number of hydrogen-bond donors (Lipinski definition) is 2. The Labute approximate surface area is 71.4 Å². The summed E-state index contributed by atoms with van der Waals surface area (Å²) in [5.74, 6) is 0. The highest BCUT2D eigenvalue weighted by atomic mass is 16.5. The number of benzene rings is 1. The molecular weight excluding hydrogens is 152 g/mol. The molecule has 0 amide bonds. The molecule has 64 valence electrons. The van der Waals surface area contributed by atoms with Crippen LogP contribution in [-0.4, -0.2) is 17.8 Å². The molecule has 1 heterocycles. The molecule has 0 fully saturated rings. The summed E-state index contributed by atoms with van der Waals surface area (Å²) in [6.45, 7) is 0.525. The summed E-state index contributed by atoms with van der Waals surface area (Å²) in [5, 5.41) is 10.7.